The fourth-order valence-electron chi connectivity index (χ4n) is 7.03. The van der Waals surface area contributed by atoms with Gasteiger partial charge in [0, 0.05) is 6.54 Å². The van der Waals surface area contributed by atoms with Crippen molar-refractivity contribution in [2.75, 3.05) is 6.54 Å². The lowest BCUT2D eigenvalue weighted by Crippen LogP contribution is -2.60. The maximum absolute atomic E-state index is 14.2. The van der Waals surface area contributed by atoms with Gasteiger partial charge in [-0.2, -0.15) is 0 Å². The zero-order chi connectivity index (χ0) is 29.9. The maximum Gasteiger partial charge on any atom is 0.315 e. The second kappa shape index (κ2) is 12.6. The number of hydrogen-bond acceptors (Lipinski definition) is 5. The number of amides is 5. The first-order valence-electron chi connectivity index (χ1n) is 15.0. The van der Waals surface area contributed by atoms with Crippen molar-refractivity contribution in [1.29, 1.82) is 0 Å². The molecule has 1 aliphatic heterocycles. The molecule has 10 nitrogen and oxygen atoms in total. The predicted molar refractivity (Wildman–Crippen MR) is 154 cm³/mol. The fourth-order valence-corrected chi connectivity index (χ4v) is 7.03. The van der Waals surface area contributed by atoms with E-state index in [-0.39, 0.29) is 41.5 Å². The van der Waals surface area contributed by atoms with Crippen LogP contribution in [0.25, 0.3) is 0 Å². The monoisotopic (exact) mass is 567 g/mol. The van der Waals surface area contributed by atoms with Gasteiger partial charge in [-0.1, -0.05) is 76.8 Å². The molecule has 1 saturated heterocycles. The molecule has 1 heterocycles. The second-order valence-corrected chi connectivity index (χ2v) is 12.6. The van der Waals surface area contributed by atoms with E-state index in [4.69, 9.17) is 5.73 Å². The van der Waals surface area contributed by atoms with Crippen LogP contribution >= 0.6 is 0 Å². The smallest absolute Gasteiger partial charge is 0.315 e. The van der Waals surface area contributed by atoms with Crippen molar-refractivity contribution in [3.8, 4) is 0 Å². The number of Topliss-reactive ketones (excluding diaryl/α,β-unsaturated/α-hetero) is 1. The van der Waals surface area contributed by atoms with E-state index in [0.717, 1.165) is 37.7 Å². The van der Waals surface area contributed by atoms with Crippen LogP contribution < -0.4 is 21.7 Å². The highest BCUT2D eigenvalue weighted by Gasteiger charge is 2.69. The van der Waals surface area contributed by atoms with Crippen molar-refractivity contribution < 1.29 is 24.0 Å². The molecule has 1 aromatic rings. The number of likely N-dealkylation sites (tertiary alicyclic amines) is 1. The van der Waals surface area contributed by atoms with Crippen molar-refractivity contribution in [1.82, 2.24) is 20.9 Å². The number of carbonyl (C=O) groups is 5. The number of nitrogens with two attached hydrogens (primary N) is 1. The van der Waals surface area contributed by atoms with Gasteiger partial charge in [-0.3, -0.25) is 19.2 Å². The minimum atomic E-state index is -1.09. The molecular weight excluding hydrogens is 522 g/mol. The summed E-state index contributed by atoms with van der Waals surface area (Å²) in [5.41, 5.74) is 6.06. The van der Waals surface area contributed by atoms with Crippen molar-refractivity contribution >= 4 is 29.5 Å². The molecule has 224 valence electrons. The predicted octanol–water partition coefficient (Wildman–Crippen LogP) is 2.82. The lowest BCUT2D eigenvalue weighted by atomic mass is 9.83. The molecule has 0 spiro atoms. The van der Waals surface area contributed by atoms with Crippen LogP contribution in [0.2, 0.25) is 0 Å². The van der Waals surface area contributed by atoms with E-state index in [1.165, 1.54) is 0 Å². The normalized spacial score (nSPS) is 25.3. The molecule has 3 aliphatic rings. The average molecular weight is 568 g/mol. The summed E-state index contributed by atoms with van der Waals surface area (Å²) < 4.78 is 0. The Morgan fingerprint density at radius 2 is 1.66 bits per heavy atom. The number of rotatable bonds is 11. The Labute approximate surface area is 242 Å². The van der Waals surface area contributed by atoms with Crippen LogP contribution in [0, 0.1) is 23.2 Å². The zero-order valence-electron chi connectivity index (χ0n) is 24.7. The molecule has 5 amide bonds. The SMILES string of the molecule is CCCC(NC(=O)C1C2C(CN1C(=O)C(NC(=O)N[C@@H](C)c1ccccc1)C1CCCCC1)C2(C)C)C(=O)C(N)=O. The third-order valence-electron chi connectivity index (χ3n) is 9.53. The molecule has 6 atom stereocenters. The molecular formula is C31H45N5O5. The number of urea groups is 1. The first kappa shape index (κ1) is 30.5. The van der Waals surface area contributed by atoms with Gasteiger partial charge < -0.3 is 26.6 Å². The standard InChI is InChI=1S/C31H45N5O5/c1-5-12-22(26(37)27(32)38)34-28(39)25-23-21(31(23,3)4)17-36(25)29(40)24(20-15-10-7-11-16-20)35-30(41)33-18(2)19-13-8-6-9-14-19/h6,8-9,13-14,18,20-25H,5,7,10-12,15-17H2,1-4H3,(H2,32,38)(H,34,39)(H2,33,35,41)/t18-,21?,22?,23?,24?,25?/m0/s1. The lowest BCUT2D eigenvalue weighted by Gasteiger charge is -2.37. The lowest BCUT2D eigenvalue weighted by molar-refractivity contribution is -0.144. The molecule has 1 aromatic carbocycles. The van der Waals surface area contributed by atoms with Crippen LogP contribution in [-0.4, -0.2) is 59.1 Å². The topological polar surface area (TPSA) is 151 Å². The summed E-state index contributed by atoms with van der Waals surface area (Å²) in [6.45, 7) is 8.31. The number of benzene rings is 1. The summed E-state index contributed by atoms with van der Waals surface area (Å²) in [7, 11) is 0. The van der Waals surface area contributed by atoms with E-state index >= 15 is 0 Å². The van der Waals surface area contributed by atoms with Gasteiger partial charge in [-0.15, -0.1) is 0 Å². The third-order valence-corrected chi connectivity index (χ3v) is 9.53. The first-order chi connectivity index (χ1) is 19.5. The Morgan fingerprint density at radius 3 is 2.27 bits per heavy atom. The van der Waals surface area contributed by atoms with Crippen LogP contribution in [0.3, 0.4) is 0 Å². The van der Waals surface area contributed by atoms with Crippen molar-refractivity contribution in [2.24, 2.45) is 28.9 Å². The van der Waals surface area contributed by atoms with Gasteiger partial charge in [-0.05, 0) is 54.9 Å². The van der Waals surface area contributed by atoms with Gasteiger partial charge in [0.05, 0.1) is 12.1 Å². The van der Waals surface area contributed by atoms with Crippen molar-refractivity contribution in [3.63, 3.8) is 0 Å². The summed E-state index contributed by atoms with van der Waals surface area (Å²) in [6, 6.07) is 6.34. The van der Waals surface area contributed by atoms with Gasteiger partial charge >= 0.3 is 6.03 Å². The molecule has 41 heavy (non-hydrogen) atoms. The number of fused-ring (bicyclic) bond motifs is 1. The number of nitrogens with one attached hydrogen (secondary N) is 3. The quantitative estimate of drug-likeness (QED) is 0.303. The Balaban J connectivity index is 1.54. The minimum Gasteiger partial charge on any atom is -0.363 e. The number of hydrogen-bond donors (Lipinski definition) is 4. The van der Waals surface area contributed by atoms with E-state index in [9.17, 15) is 24.0 Å². The Hall–Kier alpha value is -3.43. The van der Waals surface area contributed by atoms with E-state index in [0.29, 0.717) is 13.0 Å². The minimum absolute atomic E-state index is 0.0352. The molecule has 3 fully saturated rings. The summed E-state index contributed by atoms with van der Waals surface area (Å²) >= 11 is 0. The van der Waals surface area contributed by atoms with Crippen LogP contribution in [0.5, 0.6) is 0 Å². The first-order valence-corrected chi connectivity index (χ1v) is 15.0. The third kappa shape index (κ3) is 6.57. The molecule has 2 aliphatic carbocycles. The number of piperidine rings is 1. The van der Waals surface area contributed by atoms with Crippen LogP contribution in [0.4, 0.5) is 4.79 Å². The average Bonchev–Trinajstić information content (AvgIpc) is 3.27. The van der Waals surface area contributed by atoms with Gasteiger partial charge in [0.15, 0.2) is 0 Å². The highest BCUT2D eigenvalue weighted by atomic mass is 16.2. The number of carbonyl (C=O) groups excluding carboxylic acids is 5. The largest absolute Gasteiger partial charge is 0.363 e. The zero-order valence-corrected chi connectivity index (χ0v) is 24.7. The van der Waals surface area contributed by atoms with Crippen molar-refractivity contribution in [3.05, 3.63) is 35.9 Å². The highest BCUT2D eigenvalue weighted by molar-refractivity contribution is 6.37. The molecule has 4 rings (SSSR count). The van der Waals surface area contributed by atoms with Crippen LogP contribution in [0.1, 0.15) is 84.2 Å². The van der Waals surface area contributed by atoms with Gasteiger partial charge in [0.25, 0.3) is 5.91 Å². The molecule has 2 saturated carbocycles. The number of nitrogens with zero attached hydrogens (tertiary/aromatic N) is 1. The summed E-state index contributed by atoms with van der Waals surface area (Å²) in [6.07, 6.45) is 5.53. The number of primary amides is 1. The maximum atomic E-state index is 14.2. The van der Waals surface area contributed by atoms with E-state index in [1.807, 2.05) is 44.2 Å². The number of ketones is 1. The van der Waals surface area contributed by atoms with Crippen LogP contribution in [0.15, 0.2) is 30.3 Å². The van der Waals surface area contributed by atoms with Crippen LogP contribution in [-0.2, 0) is 19.2 Å². The van der Waals surface area contributed by atoms with E-state index in [1.54, 1.807) is 4.90 Å². The highest BCUT2D eigenvalue weighted by Crippen LogP contribution is 2.65. The van der Waals surface area contributed by atoms with Gasteiger partial charge in [-0.25, -0.2) is 4.79 Å². The van der Waals surface area contributed by atoms with E-state index < -0.39 is 41.8 Å². The molecule has 0 aromatic heterocycles. The van der Waals surface area contributed by atoms with E-state index in [2.05, 4.69) is 29.8 Å². The fraction of sp³-hybridized carbons (Fsp3) is 0.645. The summed E-state index contributed by atoms with van der Waals surface area (Å²) in [5.74, 6) is -2.62. The summed E-state index contributed by atoms with van der Waals surface area (Å²) in [4.78, 5) is 66.8. The van der Waals surface area contributed by atoms with Crippen molar-refractivity contribution in [2.45, 2.75) is 96.8 Å². The molecule has 0 bridgehead atoms. The second-order valence-electron chi connectivity index (χ2n) is 12.6. The van der Waals surface area contributed by atoms with Gasteiger partial charge in [0.1, 0.15) is 12.1 Å². The Morgan fingerprint density at radius 1 is 1.00 bits per heavy atom. The molecule has 0 radical (unpaired) electrons. The summed E-state index contributed by atoms with van der Waals surface area (Å²) in [5, 5.41) is 8.68. The molecule has 5 unspecified atom stereocenters. The van der Waals surface area contributed by atoms with Gasteiger partial charge in [0.2, 0.25) is 17.6 Å². The Kier molecular flexibility index (Phi) is 9.39. The molecule has 5 N–H and O–H groups in total. The molecule has 10 heteroatoms. The Bertz CT molecular complexity index is 1150.